The number of guanidine groups is 1. The van der Waals surface area contributed by atoms with Crippen molar-refractivity contribution >= 4 is 29.9 Å². The molecule has 0 spiro atoms. The quantitative estimate of drug-likeness (QED) is 0.213. The van der Waals surface area contributed by atoms with E-state index in [0.29, 0.717) is 18.7 Å². The van der Waals surface area contributed by atoms with Crippen LogP contribution in [0.25, 0.3) is 0 Å². The highest BCUT2D eigenvalue weighted by Gasteiger charge is 2.12. The van der Waals surface area contributed by atoms with Crippen LogP contribution in [0, 0.1) is 0 Å². The third kappa shape index (κ3) is 10.9. The molecule has 0 radical (unpaired) electrons. The molecule has 1 rings (SSSR count). The van der Waals surface area contributed by atoms with Gasteiger partial charge in [-0.15, -0.1) is 24.0 Å². The Morgan fingerprint density at radius 3 is 2.15 bits per heavy atom. The third-order valence-corrected chi connectivity index (χ3v) is 4.39. The molecule has 0 aromatic heterocycles. The second-order valence-electron chi connectivity index (χ2n) is 7.09. The van der Waals surface area contributed by atoms with Gasteiger partial charge in [-0.05, 0) is 52.2 Å². The van der Waals surface area contributed by atoms with E-state index in [1.807, 2.05) is 14.0 Å². The minimum atomic E-state index is 0. The summed E-state index contributed by atoms with van der Waals surface area (Å²) in [7, 11) is 1.81. The second kappa shape index (κ2) is 15.1. The van der Waals surface area contributed by atoms with Gasteiger partial charge < -0.3 is 15.4 Å². The van der Waals surface area contributed by atoms with Crippen molar-refractivity contribution in [3.63, 3.8) is 0 Å². The number of hydrogen-bond donors (Lipinski definition) is 2. The number of benzene rings is 1. The number of aliphatic imine (C=N–C) groups is 1. The van der Waals surface area contributed by atoms with Crippen LogP contribution >= 0.6 is 24.0 Å². The van der Waals surface area contributed by atoms with Gasteiger partial charge in [0.1, 0.15) is 0 Å². The van der Waals surface area contributed by atoms with Gasteiger partial charge in [0.15, 0.2) is 5.96 Å². The van der Waals surface area contributed by atoms with Crippen molar-refractivity contribution in [3.8, 4) is 0 Å². The van der Waals surface area contributed by atoms with E-state index < -0.39 is 0 Å². The minimum absolute atomic E-state index is 0. The Labute approximate surface area is 183 Å². The lowest BCUT2D eigenvalue weighted by Crippen LogP contribution is -2.41. The normalized spacial score (nSPS) is 11.8. The standard InChI is InChI=1S/C21H38N4O.HI/c1-7-26-16-20-11-9-19(10-12-20)15-24-21(22-6)23-13-8-14-25(17(2)3)18(4)5;/h9-12,17-18H,7-8,13-16H2,1-6H3,(H2,22,23,24);1H. The van der Waals surface area contributed by atoms with E-state index in [1.165, 1.54) is 11.1 Å². The van der Waals surface area contributed by atoms with E-state index >= 15 is 0 Å². The van der Waals surface area contributed by atoms with E-state index in [0.717, 1.165) is 38.6 Å². The molecule has 6 heteroatoms. The zero-order valence-electron chi connectivity index (χ0n) is 17.9. The molecule has 0 aliphatic heterocycles. The molecule has 0 heterocycles. The highest BCUT2D eigenvalue weighted by atomic mass is 127. The molecule has 0 bridgehead atoms. The van der Waals surface area contributed by atoms with Gasteiger partial charge in [-0.2, -0.15) is 0 Å². The number of nitrogens with one attached hydrogen (secondary N) is 2. The smallest absolute Gasteiger partial charge is 0.191 e. The molecule has 0 amide bonds. The minimum Gasteiger partial charge on any atom is -0.377 e. The van der Waals surface area contributed by atoms with Crippen molar-refractivity contribution in [1.29, 1.82) is 0 Å². The first-order valence-electron chi connectivity index (χ1n) is 9.83. The molecule has 0 saturated carbocycles. The Bertz CT molecular complexity index is 509. The largest absolute Gasteiger partial charge is 0.377 e. The first-order chi connectivity index (χ1) is 12.5. The summed E-state index contributed by atoms with van der Waals surface area (Å²) in [6.07, 6.45) is 1.10. The Hall–Kier alpha value is -0.860. The van der Waals surface area contributed by atoms with Crippen LogP contribution < -0.4 is 10.6 Å². The molecular weight excluding hydrogens is 451 g/mol. The molecule has 0 fully saturated rings. The van der Waals surface area contributed by atoms with Gasteiger partial charge in [0.05, 0.1) is 6.61 Å². The molecular formula is C21H39IN4O. The summed E-state index contributed by atoms with van der Waals surface area (Å²) < 4.78 is 5.43. The lowest BCUT2D eigenvalue weighted by Gasteiger charge is -2.30. The maximum Gasteiger partial charge on any atom is 0.191 e. The molecule has 0 atom stereocenters. The highest BCUT2D eigenvalue weighted by molar-refractivity contribution is 14.0. The van der Waals surface area contributed by atoms with Gasteiger partial charge in [0, 0.05) is 45.4 Å². The van der Waals surface area contributed by atoms with Crippen LogP contribution in [-0.2, 0) is 17.9 Å². The van der Waals surface area contributed by atoms with Crippen molar-refractivity contribution < 1.29 is 4.74 Å². The van der Waals surface area contributed by atoms with E-state index in [1.54, 1.807) is 0 Å². The van der Waals surface area contributed by atoms with Gasteiger partial charge in [-0.25, -0.2) is 0 Å². The Kier molecular flexibility index (Phi) is 14.6. The Morgan fingerprint density at radius 2 is 1.63 bits per heavy atom. The van der Waals surface area contributed by atoms with Crippen LogP contribution in [0.4, 0.5) is 0 Å². The topological polar surface area (TPSA) is 48.9 Å². The van der Waals surface area contributed by atoms with Crippen LogP contribution in [0.1, 0.15) is 52.2 Å². The van der Waals surface area contributed by atoms with Crippen LogP contribution in [-0.4, -0.2) is 49.7 Å². The van der Waals surface area contributed by atoms with Crippen LogP contribution in [0.2, 0.25) is 0 Å². The lowest BCUT2D eigenvalue weighted by molar-refractivity contribution is 0.134. The average molecular weight is 490 g/mol. The summed E-state index contributed by atoms with van der Waals surface area (Å²) >= 11 is 0. The van der Waals surface area contributed by atoms with Crippen LogP contribution in [0.15, 0.2) is 29.3 Å². The van der Waals surface area contributed by atoms with Crippen LogP contribution in [0.5, 0.6) is 0 Å². The number of rotatable bonds is 11. The molecule has 0 saturated heterocycles. The predicted octanol–water partition coefficient (Wildman–Crippen LogP) is 4.02. The van der Waals surface area contributed by atoms with Gasteiger partial charge in [-0.3, -0.25) is 9.89 Å². The number of nitrogens with zero attached hydrogens (tertiary/aromatic N) is 2. The Morgan fingerprint density at radius 1 is 1.04 bits per heavy atom. The predicted molar refractivity (Wildman–Crippen MR) is 127 cm³/mol. The summed E-state index contributed by atoms with van der Waals surface area (Å²) in [5, 5.41) is 6.78. The number of hydrogen-bond acceptors (Lipinski definition) is 3. The van der Waals surface area contributed by atoms with E-state index in [2.05, 4.69) is 72.5 Å². The first-order valence-corrected chi connectivity index (χ1v) is 9.83. The van der Waals surface area contributed by atoms with Crippen molar-refractivity contribution in [3.05, 3.63) is 35.4 Å². The van der Waals surface area contributed by atoms with Gasteiger partial charge in [0.2, 0.25) is 0 Å². The number of halogens is 1. The van der Waals surface area contributed by atoms with Crippen molar-refractivity contribution in [2.24, 2.45) is 4.99 Å². The van der Waals surface area contributed by atoms with Crippen LogP contribution in [0.3, 0.4) is 0 Å². The summed E-state index contributed by atoms with van der Waals surface area (Å²) in [6, 6.07) is 9.68. The van der Waals surface area contributed by atoms with Crippen molar-refractivity contribution in [1.82, 2.24) is 15.5 Å². The maximum absolute atomic E-state index is 5.43. The van der Waals surface area contributed by atoms with Gasteiger partial charge in [0.25, 0.3) is 0 Å². The summed E-state index contributed by atoms with van der Waals surface area (Å²) in [5.74, 6) is 0.851. The molecule has 27 heavy (non-hydrogen) atoms. The molecule has 5 nitrogen and oxygen atoms in total. The SMILES string of the molecule is CCOCc1ccc(CNC(=NC)NCCCN(C(C)C)C(C)C)cc1.I. The molecule has 2 N–H and O–H groups in total. The fraction of sp³-hybridized carbons (Fsp3) is 0.667. The fourth-order valence-electron chi connectivity index (χ4n) is 2.96. The summed E-state index contributed by atoms with van der Waals surface area (Å²) in [4.78, 5) is 6.82. The zero-order chi connectivity index (χ0) is 19.4. The fourth-order valence-corrected chi connectivity index (χ4v) is 2.96. The summed E-state index contributed by atoms with van der Waals surface area (Å²) in [6.45, 7) is 15.2. The Balaban J connectivity index is 0.00000676. The van der Waals surface area contributed by atoms with E-state index in [-0.39, 0.29) is 24.0 Å². The third-order valence-electron chi connectivity index (χ3n) is 4.39. The van der Waals surface area contributed by atoms with E-state index in [9.17, 15) is 0 Å². The van der Waals surface area contributed by atoms with Crippen molar-refractivity contribution in [2.45, 2.75) is 66.3 Å². The van der Waals surface area contributed by atoms with E-state index in [4.69, 9.17) is 4.74 Å². The van der Waals surface area contributed by atoms with Crippen molar-refractivity contribution in [2.75, 3.05) is 26.7 Å². The van der Waals surface area contributed by atoms with Gasteiger partial charge in [-0.1, -0.05) is 24.3 Å². The first kappa shape index (κ1) is 26.1. The molecule has 0 aliphatic carbocycles. The molecule has 156 valence electrons. The maximum atomic E-state index is 5.43. The molecule has 1 aromatic rings. The monoisotopic (exact) mass is 490 g/mol. The molecule has 1 aromatic carbocycles. The average Bonchev–Trinajstić information content (AvgIpc) is 2.62. The highest BCUT2D eigenvalue weighted by Crippen LogP contribution is 2.06. The number of ether oxygens (including phenoxy) is 1. The molecule has 0 aliphatic rings. The second-order valence-corrected chi connectivity index (χ2v) is 7.09. The van der Waals surface area contributed by atoms with Gasteiger partial charge >= 0.3 is 0 Å². The zero-order valence-corrected chi connectivity index (χ0v) is 20.2. The molecule has 0 unspecified atom stereocenters. The lowest BCUT2D eigenvalue weighted by atomic mass is 10.1. The summed E-state index contributed by atoms with van der Waals surface area (Å²) in [5.41, 5.74) is 2.44.